The standard InChI is InChI=1S/C14H22N4O5/c1-23-13-7-10(9-19)12(18(21)22)8-11(13)16-5-2-3-14(20)17-6-4-15/h7-8,16,19H,2-6,9,15H2,1H3,(H,17,20). The molecule has 0 atom stereocenters. The van der Waals surface area contributed by atoms with Crippen LogP contribution in [0, 0.1) is 10.1 Å². The first-order valence-electron chi connectivity index (χ1n) is 7.20. The van der Waals surface area contributed by atoms with Gasteiger partial charge in [-0.3, -0.25) is 14.9 Å². The van der Waals surface area contributed by atoms with Gasteiger partial charge in [-0.25, -0.2) is 0 Å². The molecule has 1 amide bonds. The molecule has 128 valence electrons. The maximum atomic E-state index is 11.4. The highest BCUT2D eigenvalue weighted by atomic mass is 16.6. The van der Waals surface area contributed by atoms with Crippen molar-refractivity contribution < 1.29 is 19.6 Å². The Kier molecular flexibility index (Phi) is 7.78. The number of hydrogen-bond donors (Lipinski definition) is 4. The van der Waals surface area contributed by atoms with E-state index in [0.717, 1.165) is 0 Å². The molecular formula is C14H22N4O5. The van der Waals surface area contributed by atoms with Gasteiger partial charge in [-0.2, -0.15) is 0 Å². The van der Waals surface area contributed by atoms with Gasteiger partial charge in [0.1, 0.15) is 5.75 Å². The van der Waals surface area contributed by atoms with Gasteiger partial charge < -0.3 is 26.2 Å². The molecule has 0 aliphatic heterocycles. The minimum absolute atomic E-state index is 0.0918. The van der Waals surface area contributed by atoms with E-state index in [9.17, 15) is 20.0 Å². The molecule has 1 rings (SSSR count). The molecule has 0 bridgehead atoms. The first kappa shape index (κ1) is 18.7. The summed E-state index contributed by atoms with van der Waals surface area (Å²) in [7, 11) is 1.44. The second kappa shape index (κ2) is 9.59. The normalized spacial score (nSPS) is 10.2. The smallest absolute Gasteiger partial charge is 0.277 e. The Bertz CT molecular complexity index is 550. The number of amides is 1. The van der Waals surface area contributed by atoms with Crippen LogP contribution in [0.2, 0.25) is 0 Å². The third-order valence-corrected chi connectivity index (χ3v) is 3.13. The molecule has 0 unspecified atom stereocenters. The number of nitrogens with two attached hydrogens (primary N) is 1. The number of anilines is 1. The van der Waals surface area contributed by atoms with Gasteiger partial charge in [0.25, 0.3) is 5.69 Å². The average Bonchev–Trinajstić information content (AvgIpc) is 2.55. The molecule has 0 radical (unpaired) electrons. The highest BCUT2D eigenvalue weighted by molar-refractivity contribution is 5.75. The number of nitrogens with zero attached hydrogens (tertiary/aromatic N) is 1. The minimum atomic E-state index is -0.559. The fourth-order valence-corrected chi connectivity index (χ4v) is 1.99. The lowest BCUT2D eigenvalue weighted by atomic mass is 10.1. The van der Waals surface area contributed by atoms with Crippen molar-refractivity contribution in [2.75, 3.05) is 32.1 Å². The molecule has 9 nitrogen and oxygen atoms in total. The van der Waals surface area contributed by atoms with Gasteiger partial charge >= 0.3 is 0 Å². The van der Waals surface area contributed by atoms with Crippen LogP contribution in [-0.2, 0) is 11.4 Å². The summed E-state index contributed by atoms with van der Waals surface area (Å²) in [5.74, 6) is 0.304. The Labute approximate surface area is 134 Å². The van der Waals surface area contributed by atoms with Crippen molar-refractivity contribution in [3.05, 3.63) is 27.8 Å². The first-order chi connectivity index (χ1) is 11.0. The number of hydrogen-bond acceptors (Lipinski definition) is 7. The van der Waals surface area contributed by atoms with Crippen LogP contribution < -0.4 is 21.1 Å². The number of rotatable bonds is 10. The number of nitro groups is 1. The van der Waals surface area contributed by atoms with E-state index >= 15 is 0 Å². The molecule has 0 heterocycles. The first-order valence-corrected chi connectivity index (χ1v) is 7.20. The molecule has 0 aliphatic carbocycles. The summed E-state index contributed by atoms with van der Waals surface area (Å²) >= 11 is 0. The number of benzene rings is 1. The second-order valence-corrected chi connectivity index (χ2v) is 4.77. The van der Waals surface area contributed by atoms with E-state index < -0.39 is 11.5 Å². The maximum absolute atomic E-state index is 11.4. The number of nitrogens with one attached hydrogen (secondary N) is 2. The Morgan fingerprint density at radius 2 is 2.17 bits per heavy atom. The van der Waals surface area contributed by atoms with Crippen molar-refractivity contribution >= 4 is 17.3 Å². The summed E-state index contributed by atoms with van der Waals surface area (Å²) in [5, 5.41) is 25.9. The van der Waals surface area contributed by atoms with Gasteiger partial charge in [0, 0.05) is 32.1 Å². The Morgan fingerprint density at radius 1 is 1.43 bits per heavy atom. The predicted octanol–water partition coefficient (Wildman–Crippen LogP) is 0.363. The molecule has 0 saturated carbocycles. The van der Waals surface area contributed by atoms with Crippen LogP contribution in [0.25, 0.3) is 0 Å². The van der Waals surface area contributed by atoms with Crippen LogP contribution >= 0.6 is 0 Å². The van der Waals surface area contributed by atoms with Gasteiger partial charge in [0.05, 0.1) is 29.9 Å². The van der Waals surface area contributed by atoms with Gasteiger partial charge in [0.2, 0.25) is 5.91 Å². The van der Waals surface area contributed by atoms with Crippen LogP contribution in [0.4, 0.5) is 11.4 Å². The van der Waals surface area contributed by atoms with Crippen LogP contribution in [0.15, 0.2) is 12.1 Å². The summed E-state index contributed by atoms with van der Waals surface area (Å²) < 4.78 is 5.16. The van der Waals surface area contributed by atoms with Crippen molar-refractivity contribution in [3.8, 4) is 5.75 Å². The monoisotopic (exact) mass is 326 g/mol. The molecule has 0 fully saturated rings. The summed E-state index contributed by atoms with van der Waals surface area (Å²) in [5.41, 5.74) is 5.73. The Balaban J connectivity index is 2.67. The Hall–Kier alpha value is -2.39. The number of ether oxygens (including phenoxy) is 1. The largest absolute Gasteiger partial charge is 0.495 e. The molecule has 23 heavy (non-hydrogen) atoms. The molecule has 9 heteroatoms. The van der Waals surface area contributed by atoms with Crippen LogP contribution in [0.5, 0.6) is 5.75 Å². The van der Waals surface area contributed by atoms with Crippen molar-refractivity contribution in [1.29, 1.82) is 0 Å². The fraction of sp³-hybridized carbons (Fsp3) is 0.500. The van der Waals surface area contributed by atoms with Gasteiger partial charge in [-0.15, -0.1) is 0 Å². The van der Waals surface area contributed by atoms with E-state index in [1.807, 2.05) is 0 Å². The molecular weight excluding hydrogens is 304 g/mol. The number of carbonyl (C=O) groups excluding carboxylic acids is 1. The van der Waals surface area contributed by atoms with E-state index in [0.29, 0.717) is 43.9 Å². The quantitative estimate of drug-likeness (QED) is 0.276. The number of aliphatic hydroxyl groups excluding tert-OH is 1. The molecule has 5 N–H and O–H groups in total. The molecule has 1 aromatic carbocycles. The summed E-state index contributed by atoms with van der Waals surface area (Å²) in [6, 6.07) is 2.74. The van der Waals surface area contributed by atoms with Crippen LogP contribution in [0.3, 0.4) is 0 Å². The average molecular weight is 326 g/mol. The third-order valence-electron chi connectivity index (χ3n) is 3.13. The van der Waals surface area contributed by atoms with E-state index in [1.54, 1.807) is 0 Å². The summed E-state index contributed by atoms with van der Waals surface area (Å²) in [4.78, 5) is 21.9. The fourth-order valence-electron chi connectivity index (χ4n) is 1.99. The summed E-state index contributed by atoms with van der Waals surface area (Å²) in [6.07, 6.45) is 0.876. The number of carbonyl (C=O) groups is 1. The lowest BCUT2D eigenvalue weighted by Crippen LogP contribution is -2.29. The zero-order chi connectivity index (χ0) is 17.2. The third kappa shape index (κ3) is 5.72. The van der Waals surface area contributed by atoms with Crippen LogP contribution in [-0.4, -0.2) is 42.7 Å². The van der Waals surface area contributed by atoms with Crippen LogP contribution in [0.1, 0.15) is 18.4 Å². The highest BCUT2D eigenvalue weighted by Crippen LogP contribution is 2.32. The van der Waals surface area contributed by atoms with Gasteiger partial charge in [-0.05, 0) is 12.5 Å². The van der Waals surface area contributed by atoms with Gasteiger partial charge in [0.15, 0.2) is 0 Å². The number of nitro benzene ring substituents is 1. The molecule has 0 spiro atoms. The molecule has 0 aliphatic rings. The minimum Gasteiger partial charge on any atom is -0.495 e. The van der Waals surface area contributed by atoms with E-state index in [1.165, 1.54) is 19.2 Å². The zero-order valence-corrected chi connectivity index (χ0v) is 13.0. The van der Waals surface area contributed by atoms with Crippen molar-refractivity contribution in [3.63, 3.8) is 0 Å². The molecule has 0 saturated heterocycles. The lowest BCUT2D eigenvalue weighted by Gasteiger charge is -2.12. The second-order valence-electron chi connectivity index (χ2n) is 4.77. The SMILES string of the molecule is COc1cc(CO)c([N+](=O)[O-])cc1NCCCC(=O)NCCN. The number of aliphatic hydroxyl groups is 1. The van der Waals surface area contributed by atoms with Crippen molar-refractivity contribution in [2.45, 2.75) is 19.4 Å². The van der Waals surface area contributed by atoms with E-state index in [2.05, 4.69) is 10.6 Å². The zero-order valence-electron chi connectivity index (χ0n) is 13.0. The topological polar surface area (TPSA) is 140 Å². The van der Waals surface area contributed by atoms with Crippen molar-refractivity contribution in [2.24, 2.45) is 5.73 Å². The van der Waals surface area contributed by atoms with Gasteiger partial charge in [-0.1, -0.05) is 0 Å². The van der Waals surface area contributed by atoms with Crippen molar-refractivity contribution in [1.82, 2.24) is 5.32 Å². The molecule has 1 aromatic rings. The van der Waals surface area contributed by atoms with E-state index in [-0.39, 0.29) is 17.2 Å². The predicted molar refractivity (Wildman–Crippen MR) is 85.4 cm³/mol. The molecule has 0 aromatic heterocycles. The lowest BCUT2D eigenvalue weighted by molar-refractivity contribution is -0.385. The summed E-state index contributed by atoms with van der Waals surface area (Å²) in [6.45, 7) is 0.827. The van der Waals surface area contributed by atoms with E-state index in [4.69, 9.17) is 10.5 Å². The number of methoxy groups -OCH3 is 1. The Morgan fingerprint density at radius 3 is 2.74 bits per heavy atom. The maximum Gasteiger partial charge on any atom is 0.277 e. The highest BCUT2D eigenvalue weighted by Gasteiger charge is 2.18.